The Kier molecular flexibility index (Phi) is 8.67. The van der Waals surface area contributed by atoms with Crippen LogP contribution < -0.4 is 5.32 Å². The zero-order valence-electron chi connectivity index (χ0n) is 11.9. The molecule has 3 heteroatoms. The molecule has 0 aromatic heterocycles. The Hall–Kier alpha value is -0.120. The van der Waals surface area contributed by atoms with Gasteiger partial charge in [0.2, 0.25) is 0 Å². The molecule has 0 radical (unpaired) electrons. The molecule has 1 heterocycles. The monoisotopic (exact) mass is 241 g/mol. The zero-order chi connectivity index (χ0) is 12.3. The van der Waals surface area contributed by atoms with Crippen LogP contribution in [0.4, 0.5) is 0 Å². The molecule has 0 aromatic carbocycles. The average Bonchev–Trinajstić information content (AvgIpc) is 2.53. The molecule has 0 spiro atoms. The molecule has 1 saturated heterocycles. The molecule has 0 unspecified atom stereocenters. The summed E-state index contributed by atoms with van der Waals surface area (Å²) in [6, 6.07) is 0. The van der Waals surface area contributed by atoms with Gasteiger partial charge in [-0.05, 0) is 59.0 Å². The summed E-state index contributed by atoms with van der Waals surface area (Å²) in [5, 5.41) is 3.39. The highest BCUT2D eigenvalue weighted by Gasteiger charge is 2.10. The van der Waals surface area contributed by atoms with E-state index in [-0.39, 0.29) is 0 Å². The second-order valence-electron chi connectivity index (χ2n) is 5.27. The van der Waals surface area contributed by atoms with Crippen molar-refractivity contribution < 1.29 is 0 Å². The van der Waals surface area contributed by atoms with E-state index in [0.717, 1.165) is 6.54 Å². The van der Waals surface area contributed by atoms with Crippen LogP contribution in [0, 0.1) is 0 Å². The van der Waals surface area contributed by atoms with Gasteiger partial charge in [0.15, 0.2) is 0 Å². The van der Waals surface area contributed by atoms with Crippen molar-refractivity contribution in [1.29, 1.82) is 0 Å². The van der Waals surface area contributed by atoms with E-state index in [9.17, 15) is 0 Å². The fourth-order valence-corrected chi connectivity index (χ4v) is 2.44. The van der Waals surface area contributed by atoms with E-state index < -0.39 is 0 Å². The van der Waals surface area contributed by atoms with Crippen LogP contribution in [0.15, 0.2) is 0 Å². The lowest BCUT2D eigenvalue weighted by atomic mass is 10.2. The van der Waals surface area contributed by atoms with Gasteiger partial charge in [-0.15, -0.1) is 0 Å². The predicted molar refractivity (Wildman–Crippen MR) is 75.6 cm³/mol. The average molecular weight is 241 g/mol. The number of nitrogens with zero attached hydrogens (tertiary/aromatic N) is 2. The minimum Gasteiger partial charge on any atom is -0.317 e. The largest absolute Gasteiger partial charge is 0.317 e. The smallest absolute Gasteiger partial charge is 0.0109 e. The summed E-state index contributed by atoms with van der Waals surface area (Å²) in [5.41, 5.74) is 0. The highest BCUT2D eigenvalue weighted by molar-refractivity contribution is 4.67. The third-order valence-corrected chi connectivity index (χ3v) is 3.64. The molecule has 3 nitrogen and oxygen atoms in total. The number of unbranched alkanes of at least 4 members (excludes halogenated alkanes) is 3. The van der Waals surface area contributed by atoms with Crippen molar-refractivity contribution in [3.05, 3.63) is 0 Å². The Labute approximate surface area is 108 Å². The van der Waals surface area contributed by atoms with Gasteiger partial charge in [-0.25, -0.2) is 0 Å². The zero-order valence-corrected chi connectivity index (χ0v) is 11.9. The molecule has 0 bridgehead atoms. The lowest BCUT2D eigenvalue weighted by Crippen LogP contribution is -2.29. The van der Waals surface area contributed by atoms with Crippen molar-refractivity contribution in [1.82, 2.24) is 15.1 Å². The van der Waals surface area contributed by atoms with Gasteiger partial charge < -0.3 is 15.1 Å². The highest BCUT2D eigenvalue weighted by Crippen LogP contribution is 2.05. The molecule has 1 aliphatic rings. The van der Waals surface area contributed by atoms with E-state index in [2.05, 4.69) is 29.1 Å². The molecule has 17 heavy (non-hydrogen) atoms. The molecular formula is C14H31N3. The van der Waals surface area contributed by atoms with Gasteiger partial charge >= 0.3 is 0 Å². The molecule has 1 fully saturated rings. The Morgan fingerprint density at radius 2 is 1.76 bits per heavy atom. The molecule has 1 rings (SSSR count). The minimum atomic E-state index is 1.11. The van der Waals surface area contributed by atoms with Crippen molar-refractivity contribution in [2.24, 2.45) is 0 Å². The summed E-state index contributed by atoms with van der Waals surface area (Å²) in [6.07, 6.45) is 6.86. The fraction of sp³-hybridized carbons (Fsp3) is 1.00. The molecule has 1 aliphatic heterocycles. The van der Waals surface area contributed by atoms with Crippen molar-refractivity contribution in [3.8, 4) is 0 Å². The van der Waals surface area contributed by atoms with E-state index in [0.29, 0.717) is 0 Å². The number of rotatable bonds is 8. The van der Waals surface area contributed by atoms with Gasteiger partial charge in [0.1, 0.15) is 0 Å². The molecule has 0 aromatic rings. The van der Waals surface area contributed by atoms with Crippen LogP contribution in [0.3, 0.4) is 0 Å². The lowest BCUT2D eigenvalue weighted by Gasteiger charge is -2.19. The highest BCUT2D eigenvalue weighted by atomic mass is 15.2. The summed E-state index contributed by atoms with van der Waals surface area (Å²) in [6.45, 7) is 10.9. The van der Waals surface area contributed by atoms with Crippen molar-refractivity contribution >= 4 is 0 Å². The van der Waals surface area contributed by atoms with Gasteiger partial charge in [0, 0.05) is 13.1 Å². The van der Waals surface area contributed by atoms with Crippen LogP contribution >= 0.6 is 0 Å². The maximum absolute atomic E-state index is 3.39. The number of hydrogen-bond acceptors (Lipinski definition) is 3. The van der Waals surface area contributed by atoms with Crippen LogP contribution in [-0.2, 0) is 0 Å². The molecule has 0 aliphatic carbocycles. The van der Waals surface area contributed by atoms with Crippen LogP contribution in [0.1, 0.15) is 39.0 Å². The normalized spacial score (nSPS) is 19.4. The van der Waals surface area contributed by atoms with Gasteiger partial charge in [-0.3, -0.25) is 0 Å². The van der Waals surface area contributed by atoms with Gasteiger partial charge in [0.05, 0.1) is 0 Å². The Bertz CT molecular complexity index is 173. The third kappa shape index (κ3) is 7.74. The summed E-state index contributed by atoms with van der Waals surface area (Å²) < 4.78 is 0. The van der Waals surface area contributed by atoms with Gasteiger partial charge in [-0.2, -0.15) is 0 Å². The fourth-order valence-electron chi connectivity index (χ4n) is 2.44. The SMILES string of the molecule is CCNCCCCCCN1CCCN(C)CC1. The Balaban J connectivity index is 1.91. The minimum absolute atomic E-state index is 1.11. The number of nitrogens with one attached hydrogen (secondary N) is 1. The van der Waals surface area contributed by atoms with E-state index in [1.807, 2.05) is 0 Å². The summed E-state index contributed by atoms with van der Waals surface area (Å²) in [5.74, 6) is 0. The maximum atomic E-state index is 3.39. The second-order valence-corrected chi connectivity index (χ2v) is 5.27. The van der Waals surface area contributed by atoms with Crippen molar-refractivity contribution in [2.45, 2.75) is 39.0 Å². The molecule has 1 N–H and O–H groups in total. The Morgan fingerprint density at radius 1 is 0.941 bits per heavy atom. The summed E-state index contributed by atoms with van der Waals surface area (Å²) in [4.78, 5) is 5.10. The molecule has 0 saturated carbocycles. The second kappa shape index (κ2) is 9.86. The molecule has 102 valence electrons. The Morgan fingerprint density at radius 3 is 2.59 bits per heavy atom. The van der Waals surface area contributed by atoms with Crippen LogP contribution in [0.2, 0.25) is 0 Å². The van der Waals surface area contributed by atoms with E-state index in [1.165, 1.54) is 71.4 Å². The quantitative estimate of drug-likeness (QED) is 0.654. The molecule has 0 amide bonds. The first-order chi connectivity index (χ1) is 8.33. The van der Waals surface area contributed by atoms with E-state index in [4.69, 9.17) is 0 Å². The topological polar surface area (TPSA) is 18.5 Å². The van der Waals surface area contributed by atoms with Crippen molar-refractivity contribution in [2.75, 3.05) is 52.9 Å². The summed E-state index contributed by atoms with van der Waals surface area (Å²) in [7, 11) is 2.24. The first-order valence-corrected chi connectivity index (χ1v) is 7.44. The predicted octanol–water partition coefficient (Wildman–Crippen LogP) is 1.79. The first kappa shape index (κ1) is 14.9. The van der Waals surface area contributed by atoms with Crippen LogP contribution in [-0.4, -0.2) is 62.7 Å². The molecule has 0 atom stereocenters. The van der Waals surface area contributed by atoms with Crippen LogP contribution in [0.5, 0.6) is 0 Å². The standard InChI is InChI=1S/C14H31N3/c1-3-15-9-6-4-5-7-11-17-12-8-10-16(2)13-14-17/h15H,3-14H2,1-2H3. The number of hydrogen-bond donors (Lipinski definition) is 1. The maximum Gasteiger partial charge on any atom is 0.0109 e. The van der Waals surface area contributed by atoms with Gasteiger partial charge in [-0.1, -0.05) is 19.8 Å². The van der Waals surface area contributed by atoms with E-state index >= 15 is 0 Å². The third-order valence-electron chi connectivity index (χ3n) is 3.64. The number of likely N-dealkylation sites (N-methyl/N-ethyl adjacent to an activating group) is 1. The van der Waals surface area contributed by atoms with E-state index in [1.54, 1.807) is 0 Å². The van der Waals surface area contributed by atoms with Crippen molar-refractivity contribution in [3.63, 3.8) is 0 Å². The lowest BCUT2D eigenvalue weighted by molar-refractivity contribution is 0.270. The molecular weight excluding hydrogens is 210 g/mol. The van der Waals surface area contributed by atoms with Crippen LogP contribution in [0.25, 0.3) is 0 Å². The van der Waals surface area contributed by atoms with Gasteiger partial charge in [0.25, 0.3) is 0 Å². The first-order valence-electron chi connectivity index (χ1n) is 7.44. The summed E-state index contributed by atoms with van der Waals surface area (Å²) >= 11 is 0.